The highest BCUT2D eigenvalue weighted by Gasteiger charge is 2.29. The lowest BCUT2D eigenvalue weighted by Gasteiger charge is -2.27. The quantitative estimate of drug-likeness (QED) is 0.556. The molecule has 0 unspecified atom stereocenters. The van der Waals surface area contributed by atoms with Gasteiger partial charge in [0.2, 0.25) is 5.91 Å². The standard InChI is InChI=1S/C25H29N3O4/c26-14-18-4-8-21(9-5-18)24(29)28-23(25(30)31)13-17-6-10-22(11-7-17)32-16-20-3-1-2-19(12-20)15-27/h1-3,6-7,10-12,18,21,23H,4-5,8-9,13-14,16,26H2,(H,28,29)(H,30,31)/t18?,21?,23-/m0/s1. The molecule has 1 atom stereocenters. The molecule has 7 heteroatoms. The van der Waals surface area contributed by atoms with Gasteiger partial charge >= 0.3 is 5.97 Å². The van der Waals surface area contributed by atoms with Gasteiger partial charge in [0.1, 0.15) is 18.4 Å². The monoisotopic (exact) mass is 435 g/mol. The average molecular weight is 436 g/mol. The van der Waals surface area contributed by atoms with Crippen molar-refractivity contribution in [1.82, 2.24) is 5.32 Å². The highest BCUT2D eigenvalue weighted by Crippen LogP contribution is 2.28. The summed E-state index contributed by atoms with van der Waals surface area (Å²) in [6.45, 7) is 0.965. The van der Waals surface area contributed by atoms with Gasteiger partial charge in [-0.05, 0) is 73.5 Å². The Bertz CT molecular complexity index is 960. The van der Waals surface area contributed by atoms with Crippen LogP contribution in [0.2, 0.25) is 0 Å². The summed E-state index contributed by atoms with van der Waals surface area (Å²) in [5.41, 5.74) is 7.97. The summed E-state index contributed by atoms with van der Waals surface area (Å²) in [6.07, 6.45) is 3.53. The molecule has 0 heterocycles. The second-order valence-electron chi connectivity index (χ2n) is 8.30. The number of nitrogens with two attached hydrogens (primary N) is 1. The first-order valence-electron chi connectivity index (χ1n) is 10.9. The zero-order chi connectivity index (χ0) is 22.9. The Morgan fingerprint density at radius 2 is 1.84 bits per heavy atom. The molecular weight excluding hydrogens is 406 g/mol. The van der Waals surface area contributed by atoms with Gasteiger partial charge in [0.25, 0.3) is 0 Å². The zero-order valence-electron chi connectivity index (χ0n) is 18.0. The molecule has 168 valence electrons. The van der Waals surface area contributed by atoms with E-state index in [4.69, 9.17) is 15.7 Å². The van der Waals surface area contributed by atoms with Crippen molar-refractivity contribution in [2.45, 2.75) is 44.8 Å². The number of carbonyl (C=O) groups is 2. The lowest BCUT2D eigenvalue weighted by atomic mass is 9.81. The molecule has 1 aliphatic rings. The maximum Gasteiger partial charge on any atom is 0.326 e. The summed E-state index contributed by atoms with van der Waals surface area (Å²) in [7, 11) is 0. The smallest absolute Gasteiger partial charge is 0.326 e. The highest BCUT2D eigenvalue weighted by atomic mass is 16.5. The van der Waals surface area contributed by atoms with Gasteiger partial charge in [-0.15, -0.1) is 0 Å². The van der Waals surface area contributed by atoms with Crippen molar-refractivity contribution in [3.63, 3.8) is 0 Å². The van der Waals surface area contributed by atoms with Crippen LogP contribution in [0, 0.1) is 23.2 Å². The zero-order valence-corrected chi connectivity index (χ0v) is 18.0. The van der Waals surface area contributed by atoms with Crippen molar-refractivity contribution >= 4 is 11.9 Å². The van der Waals surface area contributed by atoms with Crippen molar-refractivity contribution in [3.8, 4) is 11.8 Å². The number of nitrogens with zero attached hydrogens (tertiary/aromatic N) is 1. The number of amides is 1. The molecule has 1 amide bonds. The first-order chi connectivity index (χ1) is 15.5. The number of carboxylic acids is 1. The predicted molar refractivity (Wildman–Crippen MR) is 120 cm³/mol. The molecule has 0 radical (unpaired) electrons. The van der Waals surface area contributed by atoms with Gasteiger partial charge in [0.15, 0.2) is 0 Å². The van der Waals surface area contributed by atoms with Gasteiger partial charge in [-0.2, -0.15) is 5.26 Å². The van der Waals surface area contributed by atoms with Gasteiger partial charge in [0.05, 0.1) is 11.6 Å². The molecule has 2 aromatic rings. The van der Waals surface area contributed by atoms with E-state index in [-0.39, 0.29) is 18.2 Å². The van der Waals surface area contributed by atoms with E-state index in [0.29, 0.717) is 30.4 Å². The van der Waals surface area contributed by atoms with Crippen LogP contribution in [0.15, 0.2) is 48.5 Å². The third-order valence-electron chi connectivity index (χ3n) is 5.99. The molecule has 3 rings (SSSR count). The SMILES string of the molecule is N#Cc1cccc(COc2ccc(C[C@H](NC(=O)C3CCC(CN)CC3)C(=O)O)cc2)c1. The second-order valence-corrected chi connectivity index (χ2v) is 8.30. The minimum Gasteiger partial charge on any atom is -0.489 e. The fraction of sp³-hybridized carbons (Fsp3) is 0.400. The van der Waals surface area contributed by atoms with Crippen LogP contribution in [-0.2, 0) is 22.6 Å². The van der Waals surface area contributed by atoms with Crippen LogP contribution in [0.1, 0.15) is 42.4 Å². The summed E-state index contributed by atoms with van der Waals surface area (Å²) >= 11 is 0. The van der Waals surface area contributed by atoms with Crippen LogP contribution in [-0.4, -0.2) is 29.6 Å². The van der Waals surface area contributed by atoms with Crippen LogP contribution in [0.3, 0.4) is 0 Å². The van der Waals surface area contributed by atoms with E-state index in [2.05, 4.69) is 11.4 Å². The number of nitrogens with one attached hydrogen (secondary N) is 1. The normalized spacial score (nSPS) is 18.9. The van der Waals surface area contributed by atoms with Gasteiger partial charge < -0.3 is 20.9 Å². The summed E-state index contributed by atoms with van der Waals surface area (Å²) in [4.78, 5) is 24.3. The van der Waals surface area contributed by atoms with Gasteiger partial charge in [0, 0.05) is 12.3 Å². The highest BCUT2D eigenvalue weighted by molar-refractivity contribution is 5.85. The van der Waals surface area contributed by atoms with E-state index in [0.717, 1.165) is 36.8 Å². The summed E-state index contributed by atoms with van der Waals surface area (Å²) in [5, 5.41) is 21.3. The Morgan fingerprint density at radius 3 is 2.47 bits per heavy atom. The number of carboxylic acid groups (broad SMARTS) is 1. The van der Waals surface area contributed by atoms with Crippen molar-refractivity contribution in [3.05, 3.63) is 65.2 Å². The topological polar surface area (TPSA) is 125 Å². The van der Waals surface area contributed by atoms with Crippen LogP contribution in [0.25, 0.3) is 0 Å². The number of benzene rings is 2. The molecule has 0 bridgehead atoms. The first-order valence-corrected chi connectivity index (χ1v) is 10.9. The van der Waals surface area contributed by atoms with Crippen LogP contribution >= 0.6 is 0 Å². The van der Waals surface area contributed by atoms with Crippen LogP contribution < -0.4 is 15.8 Å². The van der Waals surface area contributed by atoms with Gasteiger partial charge in [-0.25, -0.2) is 4.79 Å². The summed E-state index contributed by atoms with van der Waals surface area (Å²) < 4.78 is 5.76. The first kappa shape index (κ1) is 23.3. The minimum atomic E-state index is -1.05. The molecule has 1 aliphatic carbocycles. The van der Waals surface area contributed by atoms with Crippen LogP contribution in [0.5, 0.6) is 5.75 Å². The van der Waals surface area contributed by atoms with Gasteiger partial charge in [-0.3, -0.25) is 4.79 Å². The number of hydrogen-bond donors (Lipinski definition) is 3. The van der Waals surface area contributed by atoms with Crippen molar-refractivity contribution in [2.75, 3.05) is 6.54 Å². The number of ether oxygens (including phenoxy) is 1. The number of carbonyl (C=O) groups excluding carboxylic acids is 1. The molecule has 2 aromatic carbocycles. The second kappa shape index (κ2) is 11.3. The van der Waals surface area contributed by atoms with Crippen molar-refractivity contribution < 1.29 is 19.4 Å². The lowest BCUT2D eigenvalue weighted by Crippen LogP contribution is -2.45. The summed E-state index contributed by atoms with van der Waals surface area (Å²) in [5.74, 6) is -0.275. The third-order valence-corrected chi connectivity index (χ3v) is 5.99. The maximum absolute atomic E-state index is 12.6. The van der Waals surface area contributed by atoms with E-state index >= 15 is 0 Å². The van der Waals surface area contributed by atoms with Crippen LogP contribution in [0.4, 0.5) is 0 Å². The van der Waals surface area contributed by atoms with E-state index in [9.17, 15) is 14.7 Å². The molecule has 4 N–H and O–H groups in total. The molecule has 7 nitrogen and oxygen atoms in total. The molecule has 1 fully saturated rings. The summed E-state index contributed by atoms with van der Waals surface area (Å²) in [6, 6.07) is 15.5. The Labute approximate surface area is 188 Å². The molecule has 0 aliphatic heterocycles. The number of nitriles is 1. The average Bonchev–Trinajstić information content (AvgIpc) is 2.83. The molecule has 0 spiro atoms. The third kappa shape index (κ3) is 6.56. The lowest BCUT2D eigenvalue weighted by molar-refractivity contribution is -0.142. The Hall–Kier alpha value is -3.37. The molecule has 1 saturated carbocycles. The van der Waals surface area contributed by atoms with E-state index in [1.807, 2.05) is 12.1 Å². The molecular formula is C25H29N3O4. The molecule has 32 heavy (non-hydrogen) atoms. The largest absolute Gasteiger partial charge is 0.489 e. The fourth-order valence-electron chi connectivity index (χ4n) is 4.00. The Balaban J connectivity index is 1.53. The van der Waals surface area contributed by atoms with E-state index < -0.39 is 12.0 Å². The number of hydrogen-bond acceptors (Lipinski definition) is 5. The minimum absolute atomic E-state index is 0.144. The molecule has 0 saturated heterocycles. The number of aliphatic carboxylic acids is 1. The molecule has 0 aromatic heterocycles. The van der Waals surface area contributed by atoms with Crippen molar-refractivity contribution in [1.29, 1.82) is 5.26 Å². The van der Waals surface area contributed by atoms with E-state index in [1.54, 1.807) is 36.4 Å². The fourth-order valence-corrected chi connectivity index (χ4v) is 4.00. The van der Waals surface area contributed by atoms with Crippen molar-refractivity contribution in [2.24, 2.45) is 17.6 Å². The number of rotatable bonds is 9. The van der Waals surface area contributed by atoms with E-state index in [1.165, 1.54) is 0 Å². The van der Waals surface area contributed by atoms with Gasteiger partial charge in [-0.1, -0.05) is 24.3 Å². The predicted octanol–water partition coefficient (Wildman–Crippen LogP) is 3.01. The maximum atomic E-state index is 12.6. The Kier molecular flexibility index (Phi) is 8.23. The Morgan fingerprint density at radius 1 is 1.12 bits per heavy atom.